The summed E-state index contributed by atoms with van der Waals surface area (Å²) in [6.45, 7) is 5.63. The van der Waals surface area contributed by atoms with E-state index in [0.717, 1.165) is 12.8 Å². The molecule has 0 N–H and O–H groups in total. The molecule has 124 valence electrons. The second-order valence-electron chi connectivity index (χ2n) is 6.90. The zero-order chi connectivity index (χ0) is 16.4. The Bertz CT molecular complexity index is 437. The SMILES string of the molecule is CCCCCCCCc1ccc(CCC(C)(C)[N+](=O)[O-])cc1. The van der Waals surface area contributed by atoms with E-state index in [2.05, 4.69) is 31.2 Å². The molecule has 1 rings (SSSR count). The first kappa shape index (κ1) is 18.7. The molecule has 0 aliphatic carbocycles. The number of unbranched alkanes of at least 4 members (excludes halogenated alkanes) is 5. The van der Waals surface area contributed by atoms with E-state index in [4.69, 9.17) is 0 Å². The van der Waals surface area contributed by atoms with E-state index >= 15 is 0 Å². The van der Waals surface area contributed by atoms with Crippen LogP contribution in [0.4, 0.5) is 0 Å². The van der Waals surface area contributed by atoms with Crippen molar-refractivity contribution in [2.24, 2.45) is 0 Å². The fraction of sp³-hybridized carbons (Fsp3) is 0.684. The standard InChI is InChI=1S/C19H31NO2/c1-4-5-6-7-8-9-10-17-11-13-18(14-12-17)15-16-19(2,3)20(21)22/h11-14H,4-10,15-16H2,1-3H3. The highest BCUT2D eigenvalue weighted by Crippen LogP contribution is 2.18. The van der Waals surface area contributed by atoms with Gasteiger partial charge in [0.25, 0.3) is 0 Å². The third kappa shape index (κ3) is 7.06. The Hall–Kier alpha value is -1.38. The summed E-state index contributed by atoms with van der Waals surface area (Å²) in [4.78, 5) is 10.7. The van der Waals surface area contributed by atoms with E-state index < -0.39 is 5.54 Å². The molecule has 0 saturated carbocycles. The number of hydrogen-bond acceptors (Lipinski definition) is 2. The summed E-state index contributed by atoms with van der Waals surface area (Å²) >= 11 is 0. The molecule has 0 aliphatic rings. The van der Waals surface area contributed by atoms with Crippen LogP contribution in [0.1, 0.15) is 76.8 Å². The van der Waals surface area contributed by atoms with Gasteiger partial charge >= 0.3 is 0 Å². The summed E-state index contributed by atoms with van der Waals surface area (Å²) < 4.78 is 0. The van der Waals surface area contributed by atoms with Crippen molar-refractivity contribution < 1.29 is 4.92 Å². The van der Waals surface area contributed by atoms with E-state index in [1.54, 1.807) is 13.8 Å². The van der Waals surface area contributed by atoms with Crippen molar-refractivity contribution in [1.82, 2.24) is 0 Å². The van der Waals surface area contributed by atoms with Crippen LogP contribution in [0.3, 0.4) is 0 Å². The van der Waals surface area contributed by atoms with Gasteiger partial charge in [0.05, 0.1) is 0 Å². The smallest absolute Gasteiger partial charge is 0.217 e. The largest absolute Gasteiger partial charge is 0.264 e. The Morgan fingerprint density at radius 1 is 0.909 bits per heavy atom. The summed E-state index contributed by atoms with van der Waals surface area (Å²) in [7, 11) is 0. The normalized spacial score (nSPS) is 11.6. The summed E-state index contributed by atoms with van der Waals surface area (Å²) in [5.74, 6) is 0. The van der Waals surface area contributed by atoms with Crippen molar-refractivity contribution >= 4 is 0 Å². The predicted molar refractivity (Wildman–Crippen MR) is 92.9 cm³/mol. The van der Waals surface area contributed by atoms with Gasteiger partial charge in [-0.2, -0.15) is 0 Å². The van der Waals surface area contributed by atoms with Gasteiger partial charge in [-0.1, -0.05) is 63.3 Å². The van der Waals surface area contributed by atoms with E-state index in [-0.39, 0.29) is 4.92 Å². The minimum absolute atomic E-state index is 0.181. The van der Waals surface area contributed by atoms with Crippen molar-refractivity contribution in [3.8, 4) is 0 Å². The molecule has 1 aromatic rings. The third-order valence-corrected chi connectivity index (χ3v) is 4.36. The van der Waals surface area contributed by atoms with Crippen LogP contribution >= 0.6 is 0 Å². The molecule has 1 aromatic carbocycles. The zero-order valence-electron chi connectivity index (χ0n) is 14.4. The number of aryl methyl sites for hydroxylation is 2. The van der Waals surface area contributed by atoms with Gasteiger partial charge in [-0.05, 0) is 30.4 Å². The number of nitro groups is 1. The Balaban J connectivity index is 2.29. The Kier molecular flexibility index (Phi) is 8.15. The van der Waals surface area contributed by atoms with Gasteiger partial charge in [0, 0.05) is 25.2 Å². The lowest BCUT2D eigenvalue weighted by atomic mass is 9.95. The molecule has 0 radical (unpaired) electrons. The minimum atomic E-state index is -0.836. The number of hydrogen-bond donors (Lipinski definition) is 0. The molecule has 0 fully saturated rings. The van der Waals surface area contributed by atoms with Crippen LogP contribution < -0.4 is 0 Å². The maximum atomic E-state index is 10.9. The average molecular weight is 305 g/mol. The van der Waals surface area contributed by atoms with Crippen LogP contribution in [-0.2, 0) is 12.8 Å². The van der Waals surface area contributed by atoms with Crippen LogP contribution in [0, 0.1) is 10.1 Å². The van der Waals surface area contributed by atoms with Crippen molar-refractivity contribution in [3.05, 3.63) is 45.5 Å². The number of nitrogens with zero attached hydrogens (tertiary/aromatic N) is 1. The van der Waals surface area contributed by atoms with E-state index in [1.165, 1.54) is 49.7 Å². The third-order valence-electron chi connectivity index (χ3n) is 4.36. The maximum absolute atomic E-state index is 10.9. The van der Waals surface area contributed by atoms with Gasteiger partial charge < -0.3 is 0 Å². The second kappa shape index (κ2) is 9.60. The summed E-state index contributed by atoms with van der Waals surface area (Å²) in [6, 6.07) is 8.62. The molecule has 0 atom stereocenters. The van der Waals surface area contributed by atoms with E-state index in [1.807, 2.05) is 0 Å². The molecule has 22 heavy (non-hydrogen) atoms. The molecular formula is C19H31NO2. The molecule has 0 spiro atoms. The monoisotopic (exact) mass is 305 g/mol. The first-order chi connectivity index (χ1) is 10.5. The van der Waals surface area contributed by atoms with Crippen molar-refractivity contribution in [1.29, 1.82) is 0 Å². The van der Waals surface area contributed by atoms with Gasteiger partial charge in [0.2, 0.25) is 5.54 Å². The Labute approximate surface area is 135 Å². The van der Waals surface area contributed by atoms with Crippen LogP contribution in [0.15, 0.2) is 24.3 Å². The summed E-state index contributed by atoms with van der Waals surface area (Å²) in [5, 5.41) is 10.9. The molecule has 0 aliphatic heterocycles. The van der Waals surface area contributed by atoms with Crippen LogP contribution in [0.2, 0.25) is 0 Å². The summed E-state index contributed by atoms with van der Waals surface area (Å²) in [6.07, 6.45) is 10.4. The first-order valence-electron chi connectivity index (χ1n) is 8.68. The highest BCUT2D eigenvalue weighted by molar-refractivity contribution is 5.22. The van der Waals surface area contributed by atoms with E-state index in [9.17, 15) is 10.1 Å². The zero-order valence-corrected chi connectivity index (χ0v) is 14.4. The number of rotatable bonds is 11. The average Bonchev–Trinajstić information content (AvgIpc) is 2.50. The molecule has 0 aromatic heterocycles. The van der Waals surface area contributed by atoms with Crippen LogP contribution in [-0.4, -0.2) is 10.5 Å². The lowest BCUT2D eigenvalue weighted by molar-refractivity contribution is -0.561. The van der Waals surface area contributed by atoms with Gasteiger partial charge in [0.1, 0.15) is 0 Å². The van der Waals surface area contributed by atoms with E-state index in [0.29, 0.717) is 6.42 Å². The van der Waals surface area contributed by atoms with Crippen molar-refractivity contribution in [3.63, 3.8) is 0 Å². The fourth-order valence-corrected chi connectivity index (χ4v) is 2.52. The van der Waals surface area contributed by atoms with Crippen LogP contribution in [0.5, 0.6) is 0 Å². The molecule has 0 saturated heterocycles. The Morgan fingerprint density at radius 2 is 1.41 bits per heavy atom. The molecule has 0 heterocycles. The molecule has 3 heteroatoms. The van der Waals surface area contributed by atoms with Gasteiger partial charge in [-0.25, -0.2) is 0 Å². The minimum Gasteiger partial charge on any atom is -0.264 e. The highest BCUT2D eigenvalue weighted by atomic mass is 16.6. The fourth-order valence-electron chi connectivity index (χ4n) is 2.52. The number of benzene rings is 1. The highest BCUT2D eigenvalue weighted by Gasteiger charge is 2.29. The van der Waals surface area contributed by atoms with Crippen LogP contribution in [0.25, 0.3) is 0 Å². The van der Waals surface area contributed by atoms with Gasteiger partial charge in [-0.3, -0.25) is 10.1 Å². The molecule has 0 amide bonds. The van der Waals surface area contributed by atoms with Crippen molar-refractivity contribution in [2.75, 3.05) is 0 Å². The van der Waals surface area contributed by atoms with Crippen molar-refractivity contribution in [2.45, 2.75) is 84.1 Å². The van der Waals surface area contributed by atoms with Gasteiger partial charge in [0.15, 0.2) is 0 Å². The molecule has 0 bridgehead atoms. The lowest BCUT2D eigenvalue weighted by Crippen LogP contribution is -2.31. The molecule has 0 unspecified atom stereocenters. The topological polar surface area (TPSA) is 43.1 Å². The maximum Gasteiger partial charge on any atom is 0.217 e. The Morgan fingerprint density at radius 3 is 1.95 bits per heavy atom. The quantitative estimate of drug-likeness (QED) is 0.304. The molecular weight excluding hydrogens is 274 g/mol. The lowest BCUT2D eigenvalue weighted by Gasteiger charge is -2.15. The van der Waals surface area contributed by atoms with Gasteiger partial charge in [-0.15, -0.1) is 0 Å². The molecule has 3 nitrogen and oxygen atoms in total. The first-order valence-corrected chi connectivity index (χ1v) is 8.68. The predicted octanol–water partition coefficient (Wildman–Crippen LogP) is 5.58. The second-order valence-corrected chi connectivity index (χ2v) is 6.90. The summed E-state index contributed by atoms with van der Waals surface area (Å²) in [5.41, 5.74) is 1.74.